The second-order valence-corrected chi connectivity index (χ2v) is 6.57. The Morgan fingerprint density at radius 2 is 1.96 bits per heavy atom. The van der Waals surface area contributed by atoms with Gasteiger partial charge >= 0.3 is 0 Å². The van der Waals surface area contributed by atoms with Crippen molar-refractivity contribution in [2.24, 2.45) is 5.10 Å². The molecule has 7 heteroatoms. The van der Waals surface area contributed by atoms with E-state index in [9.17, 15) is 9.59 Å². The fraction of sp³-hybridized carbons (Fsp3) is 0.211. The molecule has 0 bridgehead atoms. The van der Waals surface area contributed by atoms with Crippen molar-refractivity contribution >= 4 is 39.1 Å². The third kappa shape index (κ3) is 4.70. The molecule has 0 aromatic heterocycles. The van der Waals surface area contributed by atoms with Crippen LogP contribution in [0.2, 0.25) is 0 Å². The number of halogens is 1. The summed E-state index contributed by atoms with van der Waals surface area (Å²) in [4.78, 5) is 24.4. The summed E-state index contributed by atoms with van der Waals surface area (Å²) in [6, 6.07) is 16.6. The number of nitrogens with zero attached hydrogens (tertiary/aromatic N) is 2. The summed E-state index contributed by atoms with van der Waals surface area (Å²) in [5.74, 6) is 0.325. The lowest BCUT2D eigenvalue weighted by molar-refractivity contribution is -0.118. The molecule has 0 saturated carbocycles. The summed E-state index contributed by atoms with van der Waals surface area (Å²) in [7, 11) is 0. The summed E-state index contributed by atoms with van der Waals surface area (Å²) in [5.41, 5.74) is 0.997. The lowest BCUT2D eigenvalue weighted by atomic mass is 10.1. The predicted molar refractivity (Wildman–Crippen MR) is 103 cm³/mol. The first-order chi connectivity index (χ1) is 12.6. The van der Waals surface area contributed by atoms with Crippen molar-refractivity contribution in [1.29, 1.82) is 0 Å². The molecule has 1 N–H and O–H groups in total. The number of rotatable bonds is 6. The largest absolute Gasteiger partial charge is 0.492 e. The summed E-state index contributed by atoms with van der Waals surface area (Å²) >= 11 is 3.38. The number of anilines is 1. The van der Waals surface area contributed by atoms with Crippen molar-refractivity contribution < 1.29 is 14.3 Å². The van der Waals surface area contributed by atoms with Crippen LogP contribution in [0.25, 0.3) is 0 Å². The Balaban J connectivity index is 1.54. The number of hydrogen-bond donors (Lipinski definition) is 1. The number of carbonyl (C=O) groups is 2. The van der Waals surface area contributed by atoms with E-state index in [1.807, 2.05) is 42.5 Å². The van der Waals surface area contributed by atoms with E-state index in [0.717, 1.165) is 10.2 Å². The van der Waals surface area contributed by atoms with Crippen LogP contribution in [0.5, 0.6) is 5.75 Å². The molecule has 2 aromatic rings. The molecule has 0 spiro atoms. The molecule has 0 radical (unpaired) electrons. The summed E-state index contributed by atoms with van der Waals surface area (Å²) in [5, 5.41) is 8.29. The molecule has 6 nitrogen and oxygen atoms in total. The van der Waals surface area contributed by atoms with E-state index in [1.54, 1.807) is 12.1 Å². The van der Waals surface area contributed by atoms with Gasteiger partial charge in [-0.25, -0.2) is 5.01 Å². The molecule has 1 aliphatic rings. The minimum absolute atomic E-state index is 0.120. The predicted octanol–water partition coefficient (Wildman–Crippen LogP) is 3.13. The standard InChI is InChI=1S/C19H18BrN3O3/c20-14-5-4-8-16(13-14)26-12-11-21-19(25)17-9-10-18(24)23(22-17)15-6-2-1-3-7-15/h1-8,13H,9-12H2,(H,21,25). The van der Waals surface area contributed by atoms with Gasteiger partial charge in [-0.15, -0.1) is 0 Å². The van der Waals surface area contributed by atoms with Crippen molar-refractivity contribution in [1.82, 2.24) is 5.32 Å². The van der Waals surface area contributed by atoms with E-state index in [4.69, 9.17) is 4.74 Å². The van der Waals surface area contributed by atoms with Gasteiger partial charge in [0.2, 0.25) is 5.91 Å². The van der Waals surface area contributed by atoms with E-state index in [2.05, 4.69) is 26.3 Å². The zero-order valence-electron chi connectivity index (χ0n) is 14.0. The SMILES string of the molecule is O=C(NCCOc1cccc(Br)c1)C1=NN(c2ccccc2)C(=O)CC1. The van der Waals surface area contributed by atoms with Gasteiger partial charge in [0, 0.05) is 17.3 Å². The highest BCUT2D eigenvalue weighted by molar-refractivity contribution is 9.10. The zero-order valence-corrected chi connectivity index (χ0v) is 15.6. The van der Waals surface area contributed by atoms with Gasteiger partial charge in [-0.3, -0.25) is 9.59 Å². The Labute approximate surface area is 160 Å². The number of para-hydroxylation sites is 1. The third-order valence-electron chi connectivity index (χ3n) is 3.75. The maximum absolute atomic E-state index is 12.3. The summed E-state index contributed by atoms with van der Waals surface area (Å²) < 4.78 is 6.51. The normalized spacial score (nSPS) is 14.0. The fourth-order valence-corrected chi connectivity index (χ4v) is 2.86. The number of benzene rings is 2. The molecule has 0 unspecified atom stereocenters. The second-order valence-electron chi connectivity index (χ2n) is 5.65. The first-order valence-corrected chi connectivity index (χ1v) is 9.05. The molecule has 2 amide bonds. The van der Waals surface area contributed by atoms with Crippen LogP contribution in [0.3, 0.4) is 0 Å². The first kappa shape index (κ1) is 18.1. The summed E-state index contributed by atoms with van der Waals surface area (Å²) in [6.45, 7) is 0.695. The van der Waals surface area contributed by atoms with Gasteiger partial charge in [0.1, 0.15) is 18.1 Å². The molecule has 0 atom stereocenters. The number of carbonyl (C=O) groups excluding carboxylic acids is 2. The number of nitrogens with one attached hydrogen (secondary N) is 1. The van der Waals surface area contributed by atoms with Crippen LogP contribution >= 0.6 is 15.9 Å². The van der Waals surface area contributed by atoms with Gasteiger partial charge in [-0.05, 0) is 30.3 Å². The molecular formula is C19H18BrN3O3. The van der Waals surface area contributed by atoms with E-state index in [0.29, 0.717) is 31.0 Å². The van der Waals surface area contributed by atoms with Crippen LogP contribution in [0, 0.1) is 0 Å². The average Bonchev–Trinajstić information content (AvgIpc) is 2.66. The van der Waals surface area contributed by atoms with Gasteiger partial charge in [0.05, 0.1) is 12.2 Å². The fourth-order valence-electron chi connectivity index (χ4n) is 2.48. The highest BCUT2D eigenvalue weighted by Gasteiger charge is 2.25. The topological polar surface area (TPSA) is 71.0 Å². The molecule has 26 heavy (non-hydrogen) atoms. The van der Waals surface area contributed by atoms with Crippen molar-refractivity contribution in [3.8, 4) is 5.75 Å². The van der Waals surface area contributed by atoms with Gasteiger partial charge < -0.3 is 10.1 Å². The van der Waals surface area contributed by atoms with Crippen molar-refractivity contribution in [2.45, 2.75) is 12.8 Å². The van der Waals surface area contributed by atoms with Crippen LogP contribution in [0.1, 0.15) is 12.8 Å². The van der Waals surface area contributed by atoms with Crippen molar-refractivity contribution in [2.75, 3.05) is 18.2 Å². The smallest absolute Gasteiger partial charge is 0.267 e. The monoisotopic (exact) mass is 415 g/mol. The Morgan fingerprint density at radius 3 is 2.73 bits per heavy atom. The maximum atomic E-state index is 12.3. The molecule has 1 heterocycles. The Hall–Kier alpha value is -2.67. The molecule has 0 saturated heterocycles. The average molecular weight is 416 g/mol. The number of ether oxygens (including phenoxy) is 1. The Morgan fingerprint density at radius 1 is 1.15 bits per heavy atom. The van der Waals surface area contributed by atoms with Gasteiger partial charge in [-0.2, -0.15) is 5.10 Å². The summed E-state index contributed by atoms with van der Waals surface area (Å²) in [6.07, 6.45) is 0.593. The number of hydrazone groups is 1. The quantitative estimate of drug-likeness (QED) is 0.736. The highest BCUT2D eigenvalue weighted by Crippen LogP contribution is 2.20. The number of hydrogen-bond acceptors (Lipinski definition) is 4. The maximum Gasteiger partial charge on any atom is 0.267 e. The van der Waals surface area contributed by atoms with Crippen LogP contribution in [0.15, 0.2) is 64.2 Å². The van der Waals surface area contributed by atoms with Gasteiger partial charge in [-0.1, -0.05) is 40.2 Å². The molecule has 2 aromatic carbocycles. The molecule has 3 rings (SSSR count). The zero-order chi connectivity index (χ0) is 18.4. The molecule has 0 aliphatic carbocycles. The van der Waals surface area contributed by atoms with Crippen LogP contribution in [-0.4, -0.2) is 30.7 Å². The van der Waals surface area contributed by atoms with Gasteiger partial charge in [0.25, 0.3) is 5.91 Å². The van der Waals surface area contributed by atoms with E-state index < -0.39 is 0 Å². The number of amides is 2. The Bertz CT molecular complexity index is 824. The van der Waals surface area contributed by atoms with Crippen LogP contribution < -0.4 is 15.1 Å². The van der Waals surface area contributed by atoms with Crippen molar-refractivity contribution in [3.05, 3.63) is 59.1 Å². The van der Waals surface area contributed by atoms with Crippen LogP contribution in [-0.2, 0) is 9.59 Å². The van der Waals surface area contributed by atoms with Crippen LogP contribution in [0.4, 0.5) is 5.69 Å². The first-order valence-electron chi connectivity index (χ1n) is 8.25. The minimum Gasteiger partial charge on any atom is -0.492 e. The lowest BCUT2D eigenvalue weighted by Gasteiger charge is -2.23. The highest BCUT2D eigenvalue weighted by atomic mass is 79.9. The van der Waals surface area contributed by atoms with E-state index >= 15 is 0 Å². The lowest BCUT2D eigenvalue weighted by Crippen LogP contribution is -2.40. The molecule has 134 valence electrons. The minimum atomic E-state index is -0.281. The third-order valence-corrected chi connectivity index (χ3v) is 4.24. The Kier molecular flexibility index (Phi) is 6.01. The van der Waals surface area contributed by atoms with Crippen molar-refractivity contribution in [3.63, 3.8) is 0 Å². The van der Waals surface area contributed by atoms with Gasteiger partial charge in [0.15, 0.2) is 0 Å². The van der Waals surface area contributed by atoms with E-state index in [-0.39, 0.29) is 18.2 Å². The second kappa shape index (κ2) is 8.62. The molecule has 1 aliphatic heterocycles. The van der Waals surface area contributed by atoms with E-state index in [1.165, 1.54) is 5.01 Å². The molecule has 0 fully saturated rings. The molecular weight excluding hydrogens is 398 g/mol.